The van der Waals surface area contributed by atoms with Crippen LogP contribution in [-0.2, 0) is 13.0 Å². The van der Waals surface area contributed by atoms with Crippen LogP contribution in [0.2, 0.25) is 0 Å². The Morgan fingerprint density at radius 2 is 1.79 bits per heavy atom. The molecule has 0 amide bonds. The van der Waals surface area contributed by atoms with Crippen LogP contribution in [0.15, 0.2) is 73.1 Å². The van der Waals surface area contributed by atoms with E-state index in [9.17, 15) is 5.11 Å². The molecule has 1 aliphatic heterocycles. The van der Waals surface area contributed by atoms with E-state index in [1.807, 2.05) is 18.5 Å². The van der Waals surface area contributed by atoms with Gasteiger partial charge < -0.3 is 14.4 Å². The van der Waals surface area contributed by atoms with Crippen LogP contribution in [0.1, 0.15) is 50.3 Å². The molecular formula is C33H39N3O2. The number of aliphatic hydroxyl groups is 1. The molecule has 0 radical (unpaired) electrons. The van der Waals surface area contributed by atoms with E-state index in [-0.39, 0.29) is 6.61 Å². The maximum atomic E-state index is 10.7. The molecule has 5 nitrogen and oxygen atoms in total. The predicted molar refractivity (Wildman–Crippen MR) is 153 cm³/mol. The Bertz CT molecular complexity index is 1400. The smallest absolute Gasteiger partial charge is 0.120 e. The fourth-order valence-electron chi connectivity index (χ4n) is 6.29. The Hall–Kier alpha value is -3.15. The molecular weight excluding hydrogens is 470 g/mol. The molecule has 1 fully saturated rings. The van der Waals surface area contributed by atoms with Gasteiger partial charge in [0.05, 0.1) is 17.4 Å². The molecule has 0 saturated heterocycles. The van der Waals surface area contributed by atoms with Crippen LogP contribution in [0.3, 0.4) is 0 Å². The second-order valence-electron chi connectivity index (χ2n) is 11.5. The molecule has 6 rings (SSSR count). The summed E-state index contributed by atoms with van der Waals surface area (Å²) in [7, 11) is 0. The number of ether oxygens (including phenoxy) is 1. The largest absolute Gasteiger partial charge is 0.491 e. The van der Waals surface area contributed by atoms with E-state index >= 15 is 0 Å². The highest BCUT2D eigenvalue weighted by atomic mass is 16.5. The maximum Gasteiger partial charge on any atom is 0.120 e. The van der Waals surface area contributed by atoms with Gasteiger partial charge in [-0.1, -0.05) is 56.3 Å². The number of benzene rings is 3. The number of rotatable bonds is 7. The SMILES string of the molecule is CC1CCC(n2cnc3ccc(-c4cccc(OCC(O)CN5CCc6ccccc6C5)c4)cc32)CC1C. The van der Waals surface area contributed by atoms with E-state index in [0.29, 0.717) is 12.6 Å². The van der Waals surface area contributed by atoms with Crippen LogP contribution in [0.5, 0.6) is 5.75 Å². The van der Waals surface area contributed by atoms with Crippen molar-refractivity contribution in [2.24, 2.45) is 11.8 Å². The fraction of sp³-hybridized carbons (Fsp3) is 0.424. The summed E-state index contributed by atoms with van der Waals surface area (Å²) >= 11 is 0. The van der Waals surface area contributed by atoms with Gasteiger partial charge in [0.1, 0.15) is 18.5 Å². The molecule has 4 atom stereocenters. The molecule has 1 saturated carbocycles. The molecule has 1 aromatic heterocycles. The van der Waals surface area contributed by atoms with Crippen molar-refractivity contribution in [1.82, 2.24) is 14.5 Å². The Morgan fingerprint density at radius 3 is 2.66 bits per heavy atom. The number of aliphatic hydroxyl groups excluding tert-OH is 1. The first-order valence-electron chi connectivity index (χ1n) is 14.2. The van der Waals surface area contributed by atoms with Crippen molar-refractivity contribution in [3.63, 3.8) is 0 Å². The van der Waals surface area contributed by atoms with Gasteiger partial charge in [-0.15, -0.1) is 0 Å². The second-order valence-corrected chi connectivity index (χ2v) is 11.5. The molecule has 5 heteroatoms. The average molecular weight is 510 g/mol. The highest BCUT2D eigenvalue weighted by Gasteiger charge is 2.26. The zero-order chi connectivity index (χ0) is 26.1. The van der Waals surface area contributed by atoms with E-state index in [2.05, 4.69) is 77.9 Å². The minimum Gasteiger partial charge on any atom is -0.491 e. The summed E-state index contributed by atoms with van der Waals surface area (Å²) in [6, 6.07) is 23.9. The summed E-state index contributed by atoms with van der Waals surface area (Å²) in [5.74, 6) is 2.33. The third-order valence-corrected chi connectivity index (χ3v) is 8.83. The lowest BCUT2D eigenvalue weighted by Crippen LogP contribution is -2.38. The number of aromatic nitrogens is 2. The van der Waals surface area contributed by atoms with Gasteiger partial charge in [0, 0.05) is 25.7 Å². The summed E-state index contributed by atoms with van der Waals surface area (Å²) in [4.78, 5) is 7.02. The molecule has 2 aliphatic rings. The summed E-state index contributed by atoms with van der Waals surface area (Å²) in [5, 5.41) is 10.7. The van der Waals surface area contributed by atoms with Crippen molar-refractivity contribution in [3.8, 4) is 16.9 Å². The summed E-state index contributed by atoms with van der Waals surface area (Å²) in [5.41, 5.74) is 7.33. The van der Waals surface area contributed by atoms with E-state index in [4.69, 9.17) is 9.72 Å². The summed E-state index contributed by atoms with van der Waals surface area (Å²) < 4.78 is 8.46. The second kappa shape index (κ2) is 10.9. The Balaban J connectivity index is 1.11. The number of nitrogens with zero attached hydrogens (tertiary/aromatic N) is 3. The van der Waals surface area contributed by atoms with Gasteiger partial charge in [0.25, 0.3) is 0 Å². The zero-order valence-electron chi connectivity index (χ0n) is 22.6. The zero-order valence-corrected chi connectivity index (χ0v) is 22.6. The maximum absolute atomic E-state index is 10.7. The quantitative estimate of drug-likeness (QED) is 0.309. The number of hydrogen-bond acceptors (Lipinski definition) is 4. The van der Waals surface area contributed by atoms with Crippen molar-refractivity contribution >= 4 is 11.0 Å². The monoisotopic (exact) mass is 509 g/mol. The van der Waals surface area contributed by atoms with E-state index in [0.717, 1.165) is 53.7 Å². The van der Waals surface area contributed by atoms with Gasteiger partial charge in [0.15, 0.2) is 0 Å². The van der Waals surface area contributed by atoms with Crippen molar-refractivity contribution in [2.75, 3.05) is 19.7 Å². The molecule has 0 bridgehead atoms. The number of β-amino-alcohol motifs (C(OH)–C–C–N with tert-alkyl or cyclic N) is 1. The first kappa shape index (κ1) is 25.1. The first-order chi connectivity index (χ1) is 18.5. The van der Waals surface area contributed by atoms with E-state index in [1.54, 1.807) is 0 Å². The molecule has 4 unspecified atom stereocenters. The molecule has 38 heavy (non-hydrogen) atoms. The van der Waals surface area contributed by atoms with Crippen LogP contribution in [0, 0.1) is 11.8 Å². The van der Waals surface area contributed by atoms with Crippen LogP contribution in [-0.4, -0.2) is 45.4 Å². The summed E-state index contributed by atoms with van der Waals surface area (Å²) in [6.07, 6.45) is 6.25. The molecule has 4 aromatic rings. The highest BCUT2D eigenvalue weighted by Crippen LogP contribution is 2.38. The van der Waals surface area contributed by atoms with Crippen molar-refractivity contribution in [3.05, 3.63) is 84.2 Å². The number of imidazole rings is 1. The van der Waals surface area contributed by atoms with E-state index < -0.39 is 6.10 Å². The average Bonchev–Trinajstić information content (AvgIpc) is 3.37. The first-order valence-corrected chi connectivity index (χ1v) is 14.2. The van der Waals surface area contributed by atoms with E-state index in [1.165, 1.54) is 35.9 Å². The van der Waals surface area contributed by atoms with Gasteiger partial charge >= 0.3 is 0 Å². The van der Waals surface area contributed by atoms with Crippen LogP contribution in [0.25, 0.3) is 22.2 Å². The normalized spacial score (nSPS) is 22.8. The molecule has 0 spiro atoms. The lowest BCUT2D eigenvalue weighted by atomic mass is 9.79. The Labute approximate surface area is 226 Å². The molecule has 3 aromatic carbocycles. The standard InChI is InChI=1S/C33H39N3O2/c1-23-10-12-29(16-24(23)2)36-22-34-32-13-11-27(18-33(32)36)26-8-5-9-31(17-26)38-21-30(37)20-35-15-14-25-6-3-4-7-28(25)19-35/h3-9,11,13,17-18,22-24,29-30,37H,10,12,14-16,19-21H2,1-2H3. The Morgan fingerprint density at radius 1 is 0.947 bits per heavy atom. The van der Waals surface area contributed by atoms with Crippen LogP contribution >= 0.6 is 0 Å². The third-order valence-electron chi connectivity index (χ3n) is 8.83. The molecule has 2 heterocycles. The van der Waals surface area contributed by atoms with Crippen LogP contribution < -0.4 is 4.74 Å². The van der Waals surface area contributed by atoms with Crippen molar-refractivity contribution in [1.29, 1.82) is 0 Å². The van der Waals surface area contributed by atoms with Gasteiger partial charge in [-0.2, -0.15) is 0 Å². The van der Waals surface area contributed by atoms with Gasteiger partial charge in [0.2, 0.25) is 0 Å². The van der Waals surface area contributed by atoms with Gasteiger partial charge in [-0.25, -0.2) is 4.98 Å². The minimum absolute atomic E-state index is 0.283. The van der Waals surface area contributed by atoms with Crippen molar-refractivity contribution < 1.29 is 9.84 Å². The van der Waals surface area contributed by atoms with Crippen LogP contribution in [0.4, 0.5) is 0 Å². The molecule has 1 N–H and O–H groups in total. The van der Waals surface area contributed by atoms with Crippen molar-refractivity contribution in [2.45, 2.75) is 58.2 Å². The van der Waals surface area contributed by atoms with Gasteiger partial charge in [-0.3, -0.25) is 4.90 Å². The number of fused-ring (bicyclic) bond motifs is 2. The van der Waals surface area contributed by atoms with Gasteiger partial charge in [-0.05, 0) is 84.0 Å². The predicted octanol–water partition coefficient (Wildman–Crippen LogP) is 6.50. The minimum atomic E-state index is -0.532. The fourth-order valence-corrected chi connectivity index (χ4v) is 6.29. The Kier molecular flexibility index (Phi) is 7.22. The topological polar surface area (TPSA) is 50.5 Å². The molecule has 1 aliphatic carbocycles. The molecule has 198 valence electrons. The number of hydrogen-bond donors (Lipinski definition) is 1. The third kappa shape index (κ3) is 5.36. The summed E-state index contributed by atoms with van der Waals surface area (Å²) in [6.45, 7) is 7.53. The highest BCUT2D eigenvalue weighted by molar-refractivity contribution is 5.82. The lowest BCUT2D eigenvalue weighted by molar-refractivity contribution is 0.0638. The lowest BCUT2D eigenvalue weighted by Gasteiger charge is -2.33.